The zero-order valence-electron chi connectivity index (χ0n) is 18.2. The van der Waals surface area contributed by atoms with Gasteiger partial charge in [-0.2, -0.15) is 0 Å². The molecule has 0 aliphatic carbocycles. The third-order valence-electron chi connectivity index (χ3n) is 6.02. The molecule has 3 aromatic rings. The Labute approximate surface area is 184 Å². The van der Waals surface area contributed by atoms with Gasteiger partial charge in [0, 0.05) is 18.9 Å². The molecule has 0 saturated carbocycles. The highest BCUT2D eigenvalue weighted by Crippen LogP contribution is 2.37. The zero-order chi connectivity index (χ0) is 21.7. The second-order valence-corrected chi connectivity index (χ2v) is 8.27. The molecule has 0 bridgehead atoms. The Balaban J connectivity index is 1.50. The highest BCUT2D eigenvalue weighted by Gasteiger charge is 2.41. The van der Waals surface area contributed by atoms with Crippen LogP contribution in [0.2, 0.25) is 0 Å². The van der Waals surface area contributed by atoms with Gasteiger partial charge in [-0.3, -0.25) is 4.79 Å². The molecule has 0 radical (unpaired) electrons. The van der Waals surface area contributed by atoms with Crippen LogP contribution >= 0.6 is 0 Å². The highest BCUT2D eigenvalue weighted by atomic mass is 16.5. The third-order valence-corrected chi connectivity index (χ3v) is 6.02. The minimum atomic E-state index is -0.569. The topological polar surface area (TPSA) is 47.6 Å². The van der Waals surface area contributed by atoms with Crippen molar-refractivity contribution >= 4 is 11.6 Å². The van der Waals surface area contributed by atoms with Crippen LogP contribution in [0.4, 0.5) is 5.69 Å². The van der Waals surface area contributed by atoms with E-state index in [1.807, 2.05) is 61.5 Å². The van der Waals surface area contributed by atoms with Gasteiger partial charge in [0.1, 0.15) is 12.4 Å². The summed E-state index contributed by atoms with van der Waals surface area (Å²) >= 11 is 0. The molecule has 0 aromatic heterocycles. The molecule has 1 amide bonds. The van der Waals surface area contributed by atoms with Crippen LogP contribution in [0.3, 0.4) is 0 Å². The number of carbonyl (C=O) groups excluding carboxylic acids is 1. The molecule has 1 aliphatic heterocycles. The van der Waals surface area contributed by atoms with Crippen molar-refractivity contribution in [1.82, 2.24) is 0 Å². The lowest BCUT2D eigenvalue weighted by Gasteiger charge is -2.36. The molecule has 4 heteroatoms. The van der Waals surface area contributed by atoms with Crippen LogP contribution in [0.1, 0.15) is 35.1 Å². The van der Waals surface area contributed by atoms with E-state index in [1.54, 1.807) is 0 Å². The van der Waals surface area contributed by atoms with Gasteiger partial charge in [-0.05, 0) is 61.6 Å². The van der Waals surface area contributed by atoms with E-state index in [4.69, 9.17) is 9.47 Å². The van der Waals surface area contributed by atoms with Crippen LogP contribution in [0.15, 0.2) is 72.8 Å². The van der Waals surface area contributed by atoms with E-state index in [9.17, 15) is 4.79 Å². The summed E-state index contributed by atoms with van der Waals surface area (Å²) in [5, 5.41) is 3.16. The van der Waals surface area contributed by atoms with Gasteiger partial charge in [0.15, 0.2) is 0 Å². The number of carbonyl (C=O) groups is 1. The molecule has 4 nitrogen and oxygen atoms in total. The Bertz CT molecular complexity index is 1040. The zero-order valence-corrected chi connectivity index (χ0v) is 18.2. The summed E-state index contributed by atoms with van der Waals surface area (Å²) < 4.78 is 11.6. The van der Waals surface area contributed by atoms with E-state index in [0.717, 1.165) is 33.7 Å². The van der Waals surface area contributed by atoms with Crippen molar-refractivity contribution in [2.75, 3.05) is 18.5 Å². The summed E-state index contributed by atoms with van der Waals surface area (Å²) in [6.07, 6.45) is 1.36. The Morgan fingerprint density at radius 3 is 2.45 bits per heavy atom. The first-order valence-electron chi connectivity index (χ1n) is 10.8. The van der Waals surface area contributed by atoms with E-state index in [-0.39, 0.29) is 5.91 Å². The quantitative estimate of drug-likeness (QED) is 0.573. The van der Waals surface area contributed by atoms with Gasteiger partial charge >= 0.3 is 0 Å². The Morgan fingerprint density at radius 1 is 0.968 bits per heavy atom. The normalized spacial score (nSPS) is 15.3. The maximum atomic E-state index is 13.5. The smallest absolute Gasteiger partial charge is 0.235 e. The molecule has 0 spiro atoms. The Kier molecular flexibility index (Phi) is 6.38. The van der Waals surface area contributed by atoms with E-state index in [0.29, 0.717) is 32.7 Å². The molecular formula is C27H29NO3. The summed E-state index contributed by atoms with van der Waals surface area (Å²) in [7, 11) is 0. The lowest BCUT2D eigenvalue weighted by molar-refractivity contribution is -0.125. The van der Waals surface area contributed by atoms with Crippen molar-refractivity contribution in [3.05, 3.63) is 95.1 Å². The largest absolute Gasteiger partial charge is 0.489 e. The minimum absolute atomic E-state index is 0.0266. The van der Waals surface area contributed by atoms with E-state index < -0.39 is 5.41 Å². The first-order valence-corrected chi connectivity index (χ1v) is 10.8. The van der Waals surface area contributed by atoms with Crippen molar-refractivity contribution in [3.63, 3.8) is 0 Å². The predicted octanol–water partition coefficient (Wildman–Crippen LogP) is 5.57. The number of rotatable bonds is 6. The fraction of sp³-hybridized carbons (Fsp3) is 0.296. The summed E-state index contributed by atoms with van der Waals surface area (Å²) in [6.45, 7) is 5.76. The van der Waals surface area contributed by atoms with Gasteiger partial charge in [-0.25, -0.2) is 0 Å². The van der Waals surface area contributed by atoms with Gasteiger partial charge in [-0.1, -0.05) is 60.2 Å². The van der Waals surface area contributed by atoms with E-state index in [2.05, 4.69) is 30.4 Å². The van der Waals surface area contributed by atoms with Crippen molar-refractivity contribution < 1.29 is 14.3 Å². The fourth-order valence-corrected chi connectivity index (χ4v) is 4.18. The van der Waals surface area contributed by atoms with Crippen LogP contribution in [-0.2, 0) is 21.6 Å². The average molecular weight is 416 g/mol. The second-order valence-electron chi connectivity index (χ2n) is 8.27. The summed E-state index contributed by atoms with van der Waals surface area (Å²) in [5.41, 5.74) is 4.55. The second kappa shape index (κ2) is 9.36. The van der Waals surface area contributed by atoms with Gasteiger partial charge in [0.2, 0.25) is 5.91 Å². The number of ether oxygens (including phenoxy) is 2. The van der Waals surface area contributed by atoms with Crippen LogP contribution in [0, 0.1) is 13.8 Å². The number of hydrogen-bond acceptors (Lipinski definition) is 3. The van der Waals surface area contributed by atoms with Crippen LogP contribution < -0.4 is 10.1 Å². The average Bonchev–Trinajstić information content (AvgIpc) is 2.79. The number of aryl methyl sites for hydroxylation is 2. The van der Waals surface area contributed by atoms with Crippen molar-refractivity contribution in [3.8, 4) is 5.75 Å². The lowest BCUT2D eigenvalue weighted by atomic mass is 9.73. The van der Waals surface area contributed by atoms with E-state index >= 15 is 0 Å². The Hall–Kier alpha value is -3.11. The number of nitrogens with one attached hydrogen (secondary N) is 1. The number of anilines is 1. The van der Waals surface area contributed by atoms with Crippen LogP contribution in [-0.4, -0.2) is 19.1 Å². The molecule has 1 N–H and O–H groups in total. The Morgan fingerprint density at radius 2 is 1.74 bits per heavy atom. The summed E-state index contributed by atoms with van der Waals surface area (Å²) in [4.78, 5) is 13.5. The van der Waals surface area contributed by atoms with Crippen molar-refractivity contribution in [1.29, 1.82) is 0 Å². The van der Waals surface area contributed by atoms with Gasteiger partial charge in [0.05, 0.1) is 5.41 Å². The lowest BCUT2D eigenvalue weighted by Crippen LogP contribution is -2.44. The molecule has 160 valence electrons. The van der Waals surface area contributed by atoms with Crippen molar-refractivity contribution in [2.24, 2.45) is 0 Å². The number of benzene rings is 3. The SMILES string of the molecule is Cc1cccc(C2(C(=O)Nc3ccc(OCc4ccccc4)c(C)c3)CCOCC2)c1. The molecular weight excluding hydrogens is 386 g/mol. The van der Waals surface area contributed by atoms with E-state index in [1.165, 1.54) is 0 Å². The monoisotopic (exact) mass is 415 g/mol. The van der Waals surface area contributed by atoms with Crippen LogP contribution in [0.25, 0.3) is 0 Å². The number of amides is 1. The molecule has 0 atom stereocenters. The summed E-state index contributed by atoms with van der Waals surface area (Å²) in [6, 6.07) is 24.2. The maximum Gasteiger partial charge on any atom is 0.235 e. The van der Waals surface area contributed by atoms with Crippen LogP contribution in [0.5, 0.6) is 5.75 Å². The van der Waals surface area contributed by atoms with Gasteiger partial charge < -0.3 is 14.8 Å². The highest BCUT2D eigenvalue weighted by molar-refractivity contribution is 5.99. The molecule has 31 heavy (non-hydrogen) atoms. The molecule has 1 aliphatic rings. The number of hydrogen-bond donors (Lipinski definition) is 1. The predicted molar refractivity (Wildman–Crippen MR) is 123 cm³/mol. The molecule has 1 saturated heterocycles. The fourth-order valence-electron chi connectivity index (χ4n) is 4.18. The molecule has 3 aromatic carbocycles. The third kappa shape index (κ3) is 4.80. The summed E-state index contributed by atoms with van der Waals surface area (Å²) in [5.74, 6) is 0.847. The first-order chi connectivity index (χ1) is 15.1. The van der Waals surface area contributed by atoms with Gasteiger partial charge in [-0.15, -0.1) is 0 Å². The molecule has 4 rings (SSSR count). The first kappa shape index (κ1) is 21.1. The van der Waals surface area contributed by atoms with Gasteiger partial charge in [0.25, 0.3) is 0 Å². The standard InChI is InChI=1S/C27H29NO3/c1-20-7-6-10-23(17-20)27(13-15-30-16-14-27)26(29)28-24-11-12-25(21(2)18-24)31-19-22-8-4-3-5-9-22/h3-12,17-18H,13-16,19H2,1-2H3,(H,28,29). The van der Waals surface area contributed by atoms with Crippen molar-refractivity contribution in [2.45, 2.75) is 38.7 Å². The maximum absolute atomic E-state index is 13.5. The molecule has 0 unspecified atom stereocenters. The minimum Gasteiger partial charge on any atom is -0.489 e. The molecule has 1 heterocycles. The molecule has 1 fully saturated rings.